The molecule has 14 nitrogen and oxygen atoms in total. The summed E-state index contributed by atoms with van der Waals surface area (Å²) < 4.78 is 16.2. The second kappa shape index (κ2) is 17.1. The molecule has 5 heterocycles. The third-order valence-corrected chi connectivity index (χ3v) is 8.84. The number of hydrogen-bond donors (Lipinski definition) is 5. The predicted octanol–water partition coefficient (Wildman–Crippen LogP) is 6.17. The molecule has 0 saturated carbocycles. The summed E-state index contributed by atoms with van der Waals surface area (Å²) in [5.41, 5.74) is 6.95. The third kappa shape index (κ3) is 7.99. The van der Waals surface area contributed by atoms with Crippen LogP contribution in [0.15, 0.2) is 136 Å². The van der Waals surface area contributed by atoms with E-state index in [4.69, 9.17) is 34.4 Å². The van der Waals surface area contributed by atoms with Gasteiger partial charge in [0.15, 0.2) is 11.5 Å². The van der Waals surface area contributed by atoms with Crippen LogP contribution < -0.4 is 0 Å². The predicted molar refractivity (Wildman–Crippen MR) is 208 cm³/mol. The highest BCUT2D eigenvalue weighted by Crippen LogP contribution is 2.31. The SMILES string of the molecule is O=C(O)Cn1nc(-c2ccc(CO)o2)c2ccccc21.OCCn1nc(-c2ccc(CO)o2)c2ccccc21.OCc1cccc(-n2cnc3ccccc32)c1. The lowest BCUT2D eigenvalue weighted by atomic mass is 10.2. The molecule has 0 spiro atoms. The van der Waals surface area contributed by atoms with E-state index in [9.17, 15) is 4.79 Å². The first-order chi connectivity index (χ1) is 27.4. The number of para-hydroxylation sites is 4. The lowest BCUT2D eigenvalue weighted by Gasteiger charge is -2.05. The van der Waals surface area contributed by atoms with Crippen LogP contribution >= 0.6 is 0 Å². The van der Waals surface area contributed by atoms with E-state index in [0.29, 0.717) is 35.3 Å². The zero-order chi connectivity index (χ0) is 39.0. The van der Waals surface area contributed by atoms with Crippen LogP contribution in [0.3, 0.4) is 0 Å². The number of carboxylic acids is 1. The number of benzene rings is 4. The molecule has 56 heavy (non-hydrogen) atoms. The molecule has 0 saturated heterocycles. The first-order valence-electron chi connectivity index (χ1n) is 17.7. The Hall–Kier alpha value is -6.84. The summed E-state index contributed by atoms with van der Waals surface area (Å²) in [6.45, 7) is -0.00314. The largest absolute Gasteiger partial charge is 0.480 e. The van der Waals surface area contributed by atoms with E-state index in [0.717, 1.165) is 49.8 Å². The Labute approximate surface area is 319 Å². The summed E-state index contributed by atoms with van der Waals surface area (Å²) in [6, 6.07) is 37.9. The van der Waals surface area contributed by atoms with Gasteiger partial charge in [-0.1, -0.05) is 60.7 Å². The maximum atomic E-state index is 10.9. The first-order valence-corrected chi connectivity index (χ1v) is 17.7. The van der Waals surface area contributed by atoms with Crippen molar-refractivity contribution in [1.29, 1.82) is 0 Å². The van der Waals surface area contributed by atoms with Crippen LogP contribution in [0.25, 0.3) is 61.4 Å². The van der Waals surface area contributed by atoms with Crippen molar-refractivity contribution >= 4 is 38.8 Å². The second-order valence-corrected chi connectivity index (χ2v) is 12.5. The average Bonchev–Trinajstić information content (AvgIpc) is 4.09. The van der Waals surface area contributed by atoms with Crippen LogP contribution in [-0.4, -0.2) is 67.2 Å². The fourth-order valence-corrected chi connectivity index (χ4v) is 6.28. The lowest BCUT2D eigenvalue weighted by molar-refractivity contribution is -0.137. The second-order valence-electron chi connectivity index (χ2n) is 12.5. The van der Waals surface area contributed by atoms with Crippen molar-refractivity contribution in [2.75, 3.05) is 6.61 Å². The van der Waals surface area contributed by atoms with Crippen molar-refractivity contribution < 1.29 is 39.2 Å². The van der Waals surface area contributed by atoms with E-state index >= 15 is 0 Å². The number of aromatic nitrogens is 6. The Kier molecular flexibility index (Phi) is 11.4. The number of aliphatic carboxylic acids is 1. The molecule has 0 bridgehead atoms. The highest BCUT2D eigenvalue weighted by Gasteiger charge is 2.17. The van der Waals surface area contributed by atoms with E-state index in [1.54, 1.807) is 35.3 Å². The maximum Gasteiger partial charge on any atom is 0.325 e. The van der Waals surface area contributed by atoms with Crippen LogP contribution in [0.4, 0.5) is 0 Å². The number of carbonyl (C=O) groups is 1. The molecule has 284 valence electrons. The van der Waals surface area contributed by atoms with Gasteiger partial charge in [0.05, 0.1) is 41.8 Å². The molecule has 0 fully saturated rings. The Morgan fingerprint density at radius 2 is 1.18 bits per heavy atom. The molecule has 9 aromatic rings. The van der Waals surface area contributed by atoms with Gasteiger partial charge in [0.25, 0.3) is 0 Å². The van der Waals surface area contributed by atoms with Gasteiger partial charge in [0, 0.05) is 16.5 Å². The van der Waals surface area contributed by atoms with E-state index in [2.05, 4.69) is 15.2 Å². The number of furan rings is 2. The number of hydrogen-bond acceptors (Lipinski definition) is 10. The van der Waals surface area contributed by atoms with Gasteiger partial charge in [-0.25, -0.2) is 4.98 Å². The zero-order valence-corrected chi connectivity index (χ0v) is 30.0. The minimum atomic E-state index is -0.958. The quantitative estimate of drug-likeness (QED) is 0.107. The minimum absolute atomic E-state index is 0.0329. The molecule has 0 aliphatic carbocycles. The summed E-state index contributed by atoms with van der Waals surface area (Å²) >= 11 is 0. The zero-order valence-electron chi connectivity index (χ0n) is 30.0. The van der Waals surface area contributed by atoms with Gasteiger partial charge < -0.3 is 34.4 Å². The van der Waals surface area contributed by atoms with Crippen LogP contribution in [0.5, 0.6) is 0 Å². The Morgan fingerprint density at radius 1 is 0.607 bits per heavy atom. The van der Waals surface area contributed by atoms with Crippen LogP contribution in [0.1, 0.15) is 17.1 Å². The summed E-state index contributed by atoms with van der Waals surface area (Å²) in [6.07, 6.45) is 1.81. The smallest absolute Gasteiger partial charge is 0.325 e. The highest BCUT2D eigenvalue weighted by molar-refractivity contribution is 5.93. The molecule has 0 radical (unpaired) electrons. The Bertz CT molecular complexity index is 2720. The molecule has 5 aromatic heterocycles. The number of aliphatic hydroxyl groups is 4. The van der Waals surface area contributed by atoms with Crippen LogP contribution in [-0.2, 0) is 37.7 Å². The van der Waals surface area contributed by atoms with E-state index in [1.807, 2.05) is 102 Å². The molecule has 0 aliphatic heterocycles. The normalized spacial score (nSPS) is 11.1. The molecular formula is C42H38N6O8. The number of rotatable bonds is 10. The third-order valence-electron chi connectivity index (χ3n) is 8.84. The van der Waals surface area contributed by atoms with Crippen LogP contribution in [0.2, 0.25) is 0 Å². The topological polar surface area (TPSA) is 198 Å². The van der Waals surface area contributed by atoms with Gasteiger partial charge in [-0.15, -0.1) is 0 Å². The molecule has 0 atom stereocenters. The molecule has 5 N–H and O–H groups in total. The molecule has 4 aromatic carbocycles. The molecule has 0 amide bonds. The van der Waals surface area contributed by atoms with Gasteiger partial charge in [-0.05, 0) is 66.2 Å². The highest BCUT2D eigenvalue weighted by atomic mass is 16.4. The first kappa shape index (κ1) is 37.5. The fourth-order valence-electron chi connectivity index (χ4n) is 6.28. The fraction of sp³-hybridized carbons (Fsp3) is 0.143. The van der Waals surface area contributed by atoms with Gasteiger partial charge in [0.2, 0.25) is 0 Å². The Morgan fingerprint density at radius 3 is 1.75 bits per heavy atom. The summed E-state index contributed by atoms with van der Waals surface area (Å²) in [5, 5.41) is 55.8. The van der Waals surface area contributed by atoms with Gasteiger partial charge >= 0.3 is 5.97 Å². The van der Waals surface area contributed by atoms with Crippen molar-refractivity contribution in [3.63, 3.8) is 0 Å². The number of imidazole rings is 1. The number of aliphatic hydroxyl groups excluding tert-OH is 4. The van der Waals surface area contributed by atoms with Crippen molar-refractivity contribution in [3.05, 3.63) is 145 Å². The van der Waals surface area contributed by atoms with Gasteiger partial charge in [-0.3, -0.25) is 18.7 Å². The van der Waals surface area contributed by atoms with Crippen molar-refractivity contribution in [3.8, 4) is 28.6 Å². The summed E-state index contributed by atoms with van der Waals surface area (Å²) in [7, 11) is 0. The molecule has 0 aliphatic rings. The van der Waals surface area contributed by atoms with E-state index in [1.165, 1.54) is 4.68 Å². The Balaban J connectivity index is 0.000000129. The molecule has 0 unspecified atom stereocenters. The van der Waals surface area contributed by atoms with Crippen molar-refractivity contribution in [2.24, 2.45) is 0 Å². The van der Waals surface area contributed by atoms with Crippen molar-refractivity contribution in [1.82, 2.24) is 29.1 Å². The minimum Gasteiger partial charge on any atom is -0.480 e. The summed E-state index contributed by atoms with van der Waals surface area (Å²) in [4.78, 5) is 15.2. The molecule has 14 heteroatoms. The number of fused-ring (bicyclic) bond motifs is 3. The van der Waals surface area contributed by atoms with E-state index < -0.39 is 5.97 Å². The van der Waals surface area contributed by atoms with Crippen molar-refractivity contribution in [2.45, 2.75) is 32.9 Å². The number of nitrogens with zero attached hydrogens (tertiary/aromatic N) is 6. The van der Waals surface area contributed by atoms with E-state index in [-0.39, 0.29) is 33.0 Å². The monoisotopic (exact) mass is 754 g/mol. The standard InChI is InChI=1S/C14H12N2O4.C14H14N2O3.C14H12N2O/c17-8-9-5-6-12(20-9)14-10-3-1-2-4-11(10)16(15-14)7-13(18)19;17-8-7-16-12-4-2-1-3-11(12)14(15-16)13-6-5-10(9-18)19-13;17-9-11-4-3-5-12(8-11)16-10-15-13-6-1-2-7-14(13)16/h1-6,17H,7-8H2,(H,18,19);1-6,17-18H,7-9H2;1-8,10,17H,9H2. The average molecular weight is 755 g/mol. The lowest BCUT2D eigenvalue weighted by Crippen LogP contribution is -2.09. The van der Waals surface area contributed by atoms with Crippen LogP contribution in [0, 0.1) is 0 Å². The molecule has 9 rings (SSSR count). The van der Waals surface area contributed by atoms with Gasteiger partial charge in [0.1, 0.15) is 49.0 Å². The van der Waals surface area contributed by atoms with Gasteiger partial charge in [-0.2, -0.15) is 10.2 Å². The summed E-state index contributed by atoms with van der Waals surface area (Å²) in [5.74, 6) is 1.12. The number of carboxylic acid groups (broad SMARTS) is 1. The maximum absolute atomic E-state index is 10.9. The molecular weight excluding hydrogens is 716 g/mol.